The number of carbonyl (C=O) groups excluding carboxylic acids is 1. The third-order valence-corrected chi connectivity index (χ3v) is 5.66. The number of urea groups is 1. The highest BCUT2D eigenvalue weighted by Gasteiger charge is 2.31. The van der Waals surface area contributed by atoms with Gasteiger partial charge in [0.2, 0.25) is 0 Å². The number of carbonyl (C=O) groups is 1. The van der Waals surface area contributed by atoms with Crippen LogP contribution in [0.1, 0.15) is 10.9 Å². The standard InChI is InChI=1S/C17H15BrF2N2O2S/c1-24-15-5-2-10(8-12(15)18)16-22(6-7-25-16)17(23)21-14-9-11(19)3-4-13(14)20/h2-5,8-9,16H,6-7H2,1H3,(H,21,23). The third kappa shape index (κ3) is 3.90. The second-order valence-corrected chi connectivity index (χ2v) is 7.41. The maximum Gasteiger partial charge on any atom is 0.323 e. The number of nitrogens with zero attached hydrogens (tertiary/aromatic N) is 1. The molecule has 1 aliphatic rings. The molecule has 0 aromatic heterocycles. The Morgan fingerprint density at radius 2 is 2.12 bits per heavy atom. The first-order valence-electron chi connectivity index (χ1n) is 7.47. The van der Waals surface area contributed by atoms with Gasteiger partial charge < -0.3 is 15.0 Å². The Morgan fingerprint density at radius 3 is 2.84 bits per heavy atom. The minimum atomic E-state index is -0.676. The van der Waals surface area contributed by atoms with Gasteiger partial charge in [0.05, 0.1) is 17.3 Å². The molecule has 0 bridgehead atoms. The van der Waals surface area contributed by atoms with Crippen LogP contribution in [-0.4, -0.2) is 30.3 Å². The average Bonchev–Trinajstić information content (AvgIpc) is 3.08. The molecule has 0 saturated carbocycles. The van der Waals surface area contributed by atoms with Crippen LogP contribution in [0.3, 0.4) is 0 Å². The summed E-state index contributed by atoms with van der Waals surface area (Å²) in [6.45, 7) is 0.516. The van der Waals surface area contributed by atoms with Gasteiger partial charge in [-0.05, 0) is 45.8 Å². The first kappa shape index (κ1) is 18.0. The van der Waals surface area contributed by atoms with Gasteiger partial charge in [0.15, 0.2) is 0 Å². The zero-order valence-electron chi connectivity index (χ0n) is 13.3. The molecule has 0 spiro atoms. The summed E-state index contributed by atoms with van der Waals surface area (Å²) in [7, 11) is 1.58. The van der Waals surface area contributed by atoms with Gasteiger partial charge in [-0.3, -0.25) is 0 Å². The first-order chi connectivity index (χ1) is 12.0. The monoisotopic (exact) mass is 428 g/mol. The van der Waals surface area contributed by atoms with Gasteiger partial charge in [-0.2, -0.15) is 0 Å². The lowest BCUT2D eigenvalue weighted by Crippen LogP contribution is -2.34. The second-order valence-electron chi connectivity index (χ2n) is 5.36. The Hall–Kier alpha value is -1.80. The molecule has 25 heavy (non-hydrogen) atoms. The van der Waals surface area contributed by atoms with E-state index in [2.05, 4.69) is 21.2 Å². The van der Waals surface area contributed by atoms with Crippen LogP contribution in [0.5, 0.6) is 5.75 Å². The summed E-state index contributed by atoms with van der Waals surface area (Å²) in [4.78, 5) is 14.1. The van der Waals surface area contributed by atoms with E-state index in [1.165, 1.54) is 0 Å². The van der Waals surface area contributed by atoms with Crippen LogP contribution in [0.2, 0.25) is 0 Å². The molecule has 3 rings (SSSR count). The number of nitrogens with one attached hydrogen (secondary N) is 1. The normalized spacial score (nSPS) is 16.8. The summed E-state index contributed by atoms with van der Waals surface area (Å²) in [5.74, 6) is 0.172. The van der Waals surface area contributed by atoms with E-state index in [0.717, 1.165) is 34.0 Å². The molecule has 1 fully saturated rings. The van der Waals surface area contributed by atoms with Crippen molar-refractivity contribution in [2.45, 2.75) is 5.37 Å². The molecule has 1 atom stereocenters. The van der Waals surface area contributed by atoms with Crippen molar-refractivity contribution in [3.63, 3.8) is 0 Å². The Bertz CT molecular complexity index is 806. The molecule has 4 nitrogen and oxygen atoms in total. The van der Waals surface area contributed by atoms with Crippen LogP contribution in [0.4, 0.5) is 19.3 Å². The Kier molecular flexibility index (Phi) is 5.48. The summed E-state index contributed by atoms with van der Waals surface area (Å²) >= 11 is 5.05. The van der Waals surface area contributed by atoms with Crippen LogP contribution in [0.15, 0.2) is 40.9 Å². The van der Waals surface area contributed by atoms with Gasteiger partial charge in [0.1, 0.15) is 22.8 Å². The molecule has 1 heterocycles. The van der Waals surface area contributed by atoms with Gasteiger partial charge in [0, 0.05) is 18.4 Å². The highest BCUT2D eigenvalue weighted by atomic mass is 79.9. The quantitative estimate of drug-likeness (QED) is 0.746. The predicted octanol–water partition coefficient (Wildman–Crippen LogP) is 5.02. The van der Waals surface area contributed by atoms with E-state index < -0.39 is 17.7 Å². The molecule has 0 radical (unpaired) electrons. The number of halogens is 3. The SMILES string of the molecule is COc1ccc(C2SCCN2C(=O)Nc2cc(F)ccc2F)cc1Br. The van der Waals surface area contributed by atoms with Gasteiger partial charge >= 0.3 is 6.03 Å². The zero-order valence-corrected chi connectivity index (χ0v) is 15.7. The molecular formula is C17H15BrF2N2O2S. The van der Waals surface area contributed by atoms with Crippen molar-refractivity contribution in [1.82, 2.24) is 4.90 Å². The van der Waals surface area contributed by atoms with Crippen LogP contribution in [0, 0.1) is 11.6 Å². The lowest BCUT2D eigenvalue weighted by Gasteiger charge is -2.25. The molecule has 1 saturated heterocycles. The van der Waals surface area contributed by atoms with Crippen LogP contribution in [-0.2, 0) is 0 Å². The molecular weight excluding hydrogens is 414 g/mol. The summed E-state index contributed by atoms with van der Waals surface area (Å²) < 4.78 is 33.0. The Morgan fingerprint density at radius 1 is 1.32 bits per heavy atom. The van der Waals surface area contributed by atoms with Crippen LogP contribution >= 0.6 is 27.7 Å². The minimum absolute atomic E-state index is 0.170. The molecule has 1 N–H and O–H groups in total. The van der Waals surface area contributed by atoms with Gasteiger partial charge in [0.25, 0.3) is 0 Å². The smallest absolute Gasteiger partial charge is 0.323 e. The van der Waals surface area contributed by atoms with E-state index in [0.29, 0.717) is 12.3 Å². The van der Waals surface area contributed by atoms with Gasteiger partial charge in [-0.1, -0.05) is 6.07 Å². The van der Waals surface area contributed by atoms with Gasteiger partial charge in [-0.15, -0.1) is 11.8 Å². The second kappa shape index (κ2) is 7.61. The number of amides is 2. The van der Waals surface area contributed by atoms with E-state index in [1.807, 2.05) is 18.2 Å². The van der Waals surface area contributed by atoms with Crippen molar-refractivity contribution in [3.05, 3.63) is 58.1 Å². The van der Waals surface area contributed by atoms with Crippen molar-refractivity contribution >= 4 is 39.4 Å². The highest BCUT2D eigenvalue weighted by molar-refractivity contribution is 9.10. The highest BCUT2D eigenvalue weighted by Crippen LogP contribution is 2.40. The topological polar surface area (TPSA) is 41.6 Å². The predicted molar refractivity (Wildman–Crippen MR) is 98.0 cm³/mol. The molecule has 2 aromatic rings. The number of rotatable bonds is 3. The lowest BCUT2D eigenvalue weighted by molar-refractivity contribution is 0.214. The van der Waals surface area contributed by atoms with E-state index >= 15 is 0 Å². The first-order valence-corrected chi connectivity index (χ1v) is 9.31. The number of ether oxygens (including phenoxy) is 1. The molecule has 2 aromatic carbocycles. The summed E-state index contributed by atoms with van der Waals surface area (Å²) in [6.07, 6.45) is 0. The molecule has 2 amide bonds. The average molecular weight is 429 g/mol. The number of hydrogen-bond acceptors (Lipinski definition) is 3. The molecule has 132 valence electrons. The third-order valence-electron chi connectivity index (χ3n) is 3.78. The van der Waals surface area contributed by atoms with Crippen LogP contribution in [0.25, 0.3) is 0 Å². The van der Waals surface area contributed by atoms with Crippen LogP contribution < -0.4 is 10.1 Å². The van der Waals surface area contributed by atoms with Crippen molar-refractivity contribution in [3.8, 4) is 5.75 Å². The summed E-state index contributed by atoms with van der Waals surface area (Å²) in [5, 5.41) is 2.24. The van der Waals surface area contributed by atoms with Crippen molar-refractivity contribution in [2.75, 3.05) is 24.7 Å². The van der Waals surface area contributed by atoms with E-state index in [4.69, 9.17) is 4.74 Å². The molecule has 1 unspecified atom stereocenters. The number of benzene rings is 2. The number of methoxy groups -OCH3 is 1. The number of anilines is 1. The minimum Gasteiger partial charge on any atom is -0.496 e. The van der Waals surface area contributed by atoms with E-state index in [1.54, 1.807) is 23.8 Å². The molecule has 1 aliphatic heterocycles. The fourth-order valence-electron chi connectivity index (χ4n) is 2.57. The lowest BCUT2D eigenvalue weighted by atomic mass is 10.2. The Balaban J connectivity index is 1.80. The molecule has 8 heteroatoms. The van der Waals surface area contributed by atoms with E-state index in [9.17, 15) is 13.6 Å². The van der Waals surface area contributed by atoms with E-state index in [-0.39, 0.29) is 11.1 Å². The maximum absolute atomic E-state index is 13.7. The summed E-state index contributed by atoms with van der Waals surface area (Å²) in [6, 6.07) is 8.10. The zero-order chi connectivity index (χ0) is 18.0. The van der Waals surface area contributed by atoms with Gasteiger partial charge in [-0.25, -0.2) is 13.6 Å². The maximum atomic E-state index is 13.7. The Labute approximate surface area is 156 Å². The fourth-order valence-corrected chi connectivity index (χ4v) is 4.37. The largest absolute Gasteiger partial charge is 0.496 e. The van der Waals surface area contributed by atoms with Crippen molar-refractivity contribution in [2.24, 2.45) is 0 Å². The fraction of sp³-hybridized carbons (Fsp3) is 0.235. The number of hydrogen-bond donors (Lipinski definition) is 1. The number of thioether (sulfide) groups is 1. The van der Waals surface area contributed by atoms with Crippen molar-refractivity contribution in [1.29, 1.82) is 0 Å². The molecule has 0 aliphatic carbocycles. The van der Waals surface area contributed by atoms with Crippen molar-refractivity contribution < 1.29 is 18.3 Å². The summed E-state index contributed by atoms with van der Waals surface area (Å²) in [5.41, 5.74) is 0.751.